The second-order valence-electron chi connectivity index (χ2n) is 5.64. The van der Waals surface area contributed by atoms with E-state index in [-0.39, 0.29) is 0 Å². The van der Waals surface area contributed by atoms with Crippen LogP contribution < -0.4 is 5.73 Å². The zero-order valence-electron chi connectivity index (χ0n) is 12.0. The summed E-state index contributed by atoms with van der Waals surface area (Å²) < 4.78 is 0. The maximum Gasteiger partial charge on any atom is 0.0438 e. The summed E-state index contributed by atoms with van der Waals surface area (Å²) in [5, 5.41) is 0.871. The minimum atomic E-state index is 0.648. The minimum absolute atomic E-state index is 0.648. The molecule has 1 aromatic rings. The number of hydrogen-bond acceptors (Lipinski definition) is 2. The predicted molar refractivity (Wildman–Crippen MR) is 82.5 cm³/mol. The second kappa shape index (κ2) is 6.74. The van der Waals surface area contributed by atoms with E-state index >= 15 is 0 Å². The van der Waals surface area contributed by atoms with Crippen molar-refractivity contribution in [2.75, 3.05) is 13.1 Å². The Kier molecular flexibility index (Phi) is 5.26. The Morgan fingerprint density at radius 3 is 2.79 bits per heavy atom. The van der Waals surface area contributed by atoms with E-state index in [1.165, 1.54) is 24.8 Å². The zero-order valence-corrected chi connectivity index (χ0v) is 12.8. The molecule has 0 aromatic heterocycles. The summed E-state index contributed by atoms with van der Waals surface area (Å²) in [4.78, 5) is 2.56. The average molecular weight is 281 g/mol. The molecule has 2 atom stereocenters. The maximum absolute atomic E-state index is 6.22. The molecule has 2 rings (SSSR count). The molecule has 106 valence electrons. The lowest BCUT2D eigenvalue weighted by Crippen LogP contribution is -2.39. The molecule has 2 N–H and O–H groups in total. The lowest BCUT2D eigenvalue weighted by molar-refractivity contribution is 0.162. The number of nitrogens with zero attached hydrogens (tertiary/aromatic N) is 1. The van der Waals surface area contributed by atoms with E-state index in [1.807, 2.05) is 6.92 Å². The van der Waals surface area contributed by atoms with Crippen molar-refractivity contribution in [3.63, 3.8) is 0 Å². The van der Waals surface area contributed by atoms with Crippen LogP contribution in [0.4, 0.5) is 0 Å². The molecule has 3 heteroatoms. The van der Waals surface area contributed by atoms with Crippen LogP contribution in [0, 0.1) is 12.8 Å². The highest BCUT2D eigenvalue weighted by Crippen LogP contribution is 2.30. The fourth-order valence-electron chi connectivity index (χ4n) is 3.21. The quantitative estimate of drug-likeness (QED) is 0.893. The van der Waals surface area contributed by atoms with Crippen LogP contribution in [0.25, 0.3) is 0 Å². The molecule has 1 saturated carbocycles. The summed E-state index contributed by atoms with van der Waals surface area (Å²) in [5.74, 6) is 0.667. The molecule has 0 aliphatic heterocycles. The van der Waals surface area contributed by atoms with Crippen LogP contribution in [0.5, 0.6) is 0 Å². The van der Waals surface area contributed by atoms with Crippen LogP contribution >= 0.6 is 11.6 Å². The first-order valence-corrected chi connectivity index (χ1v) is 7.72. The highest BCUT2D eigenvalue weighted by atomic mass is 35.5. The van der Waals surface area contributed by atoms with Gasteiger partial charge in [0.2, 0.25) is 0 Å². The Hall–Kier alpha value is -0.570. The summed E-state index contributed by atoms with van der Waals surface area (Å²) in [6, 6.07) is 7.05. The monoisotopic (exact) mass is 280 g/mol. The molecule has 19 heavy (non-hydrogen) atoms. The molecule has 0 bridgehead atoms. The van der Waals surface area contributed by atoms with Crippen LogP contribution in [-0.2, 0) is 6.54 Å². The number of rotatable bonds is 5. The van der Waals surface area contributed by atoms with Crippen LogP contribution in [-0.4, -0.2) is 24.0 Å². The molecule has 0 radical (unpaired) electrons. The summed E-state index contributed by atoms with van der Waals surface area (Å²) in [6.07, 6.45) is 3.89. The van der Waals surface area contributed by atoms with Gasteiger partial charge in [0, 0.05) is 17.6 Å². The number of hydrogen-bond donors (Lipinski definition) is 1. The van der Waals surface area contributed by atoms with Crippen molar-refractivity contribution in [1.82, 2.24) is 4.90 Å². The van der Waals surface area contributed by atoms with Crippen molar-refractivity contribution < 1.29 is 0 Å². The molecule has 1 fully saturated rings. The molecule has 2 unspecified atom stereocenters. The molecular formula is C16H25ClN2. The van der Waals surface area contributed by atoms with E-state index in [1.54, 1.807) is 0 Å². The fourth-order valence-corrected chi connectivity index (χ4v) is 3.41. The summed E-state index contributed by atoms with van der Waals surface area (Å²) in [6.45, 7) is 7.16. The van der Waals surface area contributed by atoms with Gasteiger partial charge in [-0.1, -0.05) is 37.1 Å². The van der Waals surface area contributed by atoms with Gasteiger partial charge in [-0.25, -0.2) is 0 Å². The van der Waals surface area contributed by atoms with E-state index in [2.05, 4.69) is 30.0 Å². The largest absolute Gasteiger partial charge is 0.330 e. The van der Waals surface area contributed by atoms with E-state index in [0.717, 1.165) is 30.2 Å². The zero-order chi connectivity index (χ0) is 13.8. The van der Waals surface area contributed by atoms with Gasteiger partial charge < -0.3 is 5.73 Å². The standard InChI is InChI=1S/C16H25ClN2/c1-3-19(16-6-4-5-14(16)10-18)11-13-8-7-12(2)15(17)9-13/h7-9,14,16H,3-6,10-11,18H2,1-2H3. The molecule has 2 nitrogen and oxygen atoms in total. The third kappa shape index (κ3) is 3.50. The Labute approximate surface area is 121 Å². The highest BCUT2D eigenvalue weighted by Gasteiger charge is 2.30. The Balaban J connectivity index is 2.08. The predicted octanol–water partition coefficient (Wildman–Crippen LogP) is 3.60. The van der Waals surface area contributed by atoms with Gasteiger partial charge in [-0.3, -0.25) is 4.90 Å². The molecule has 1 aliphatic rings. The highest BCUT2D eigenvalue weighted by molar-refractivity contribution is 6.31. The van der Waals surface area contributed by atoms with Crippen molar-refractivity contribution in [1.29, 1.82) is 0 Å². The van der Waals surface area contributed by atoms with Crippen molar-refractivity contribution >= 4 is 11.6 Å². The Bertz CT molecular complexity index is 419. The molecular weight excluding hydrogens is 256 g/mol. The van der Waals surface area contributed by atoms with Gasteiger partial charge >= 0.3 is 0 Å². The van der Waals surface area contributed by atoms with E-state index in [4.69, 9.17) is 17.3 Å². The first kappa shape index (κ1) is 14.8. The first-order valence-electron chi connectivity index (χ1n) is 7.34. The Morgan fingerprint density at radius 2 is 2.16 bits per heavy atom. The smallest absolute Gasteiger partial charge is 0.0438 e. The average Bonchev–Trinajstić information content (AvgIpc) is 2.88. The van der Waals surface area contributed by atoms with Gasteiger partial charge in [-0.2, -0.15) is 0 Å². The van der Waals surface area contributed by atoms with Crippen LogP contribution in [0.15, 0.2) is 18.2 Å². The Morgan fingerprint density at radius 1 is 1.37 bits per heavy atom. The van der Waals surface area contributed by atoms with Gasteiger partial charge in [0.15, 0.2) is 0 Å². The lowest BCUT2D eigenvalue weighted by atomic mass is 10.0. The number of halogens is 1. The number of nitrogens with two attached hydrogens (primary N) is 1. The summed E-state index contributed by atoms with van der Waals surface area (Å²) in [7, 11) is 0. The van der Waals surface area contributed by atoms with Crippen molar-refractivity contribution in [3.8, 4) is 0 Å². The number of aryl methyl sites for hydroxylation is 1. The summed E-state index contributed by atoms with van der Waals surface area (Å²) in [5.41, 5.74) is 8.36. The van der Waals surface area contributed by atoms with Gasteiger partial charge in [0.25, 0.3) is 0 Å². The topological polar surface area (TPSA) is 29.3 Å². The van der Waals surface area contributed by atoms with Gasteiger partial charge in [0.05, 0.1) is 0 Å². The molecule has 0 heterocycles. The van der Waals surface area contributed by atoms with Crippen molar-refractivity contribution in [3.05, 3.63) is 34.3 Å². The normalized spacial score (nSPS) is 23.2. The molecule has 0 spiro atoms. The van der Waals surface area contributed by atoms with E-state index < -0.39 is 0 Å². The maximum atomic E-state index is 6.22. The SMILES string of the molecule is CCN(Cc1ccc(C)c(Cl)c1)C1CCCC1CN. The van der Waals surface area contributed by atoms with Crippen molar-refractivity contribution in [2.24, 2.45) is 11.7 Å². The molecule has 0 amide bonds. The van der Waals surface area contributed by atoms with Crippen LogP contribution in [0.3, 0.4) is 0 Å². The van der Waals surface area contributed by atoms with Gasteiger partial charge in [-0.15, -0.1) is 0 Å². The molecule has 1 aliphatic carbocycles. The summed E-state index contributed by atoms with van der Waals surface area (Å²) >= 11 is 6.22. The third-order valence-electron chi connectivity index (χ3n) is 4.42. The molecule has 1 aromatic carbocycles. The fraction of sp³-hybridized carbons (Fsp3) is 0.625. The minimum Gasteiger partial charge on any atom is -0.330 e. The lowest BCUT2D eigenvalue weighted by Gasteiger charge is -2.32. The van der Waals surface area contributed by atoms with Crippen LogP contribution in [0.1, 0.15) is 37.3 Å². The van der Waals surface area contributed by atoms with E-state index in [9.17, 15) is 0 Å². The number of benzene rings is 1. The molecule has 0 saturated heterocycles. The second-order valence-corrected chi connectivity index (χ2v) is 6.05. The van der Waals surface area contributed by atoms with Crippen LogP contribution in [0.2, 0.25) is 5.02 Å². The first-order chi connectivity index (χ1) is 9.15. The van der Waals surface area contributed by atoms with E-state index in [0.29, 0.717) is 12.0 Å². The van der Waals surface area contributed by atoms with Crippen molar-refractivity contribution in [2.45, 2.75) is 45.7 Å². The van der Waals surface area contributed by atoms with Gasteiger partial charge in [-0.05, 0) is 56.0 Å². The third-order valence-corrected chi connectivity index (χ3v) is 4.83. The van der Waals surface area contributed by atoms with Gasteiger partial charge in [0.1, 0.15) is 0 Å².